The van der Waals surface area contributed by atoms with Gasteiger partial charge in [-0.2, -0.15) is 0 Å². The van der Waals surface area contributed by atoms with E-state index in [1.807, 2.05) is 25.1 Å². The van der Waals surface area contributed by atoms with Gasteiger partial charge in [0, 0.05) is 34.3 Å². The first-order valence-electron chi connectivity index (χ1n) is 7.99. The van der Waals surface area contributed by atoms with Crippen LogP contribution in [0.4, 0.5) is 0 Å². The highest BCUT2D eigenvalue weighted by molar-refractivity contribution is 5.97. The second kappa shape index (κ2) is 7.19. The van der Waals surface area contributed by atoms with Crippen molar-refractivity contribution >= 4 is 22.7 Å². The molecule has 4 N–H and O–H groups in total. The Hall–Kier alpha value is -3.12. The molecular formula is C19H19N3O3. The summed E-state index contributed by atoms with van der Waals surface area (Å²) in [5, 5.41) is 12.7. The molecule has 0 aliphatic heterocycles. The fourth-order valence-corrected chi connectivity index (χ4v) is 2.90. The molecule has 0 atom stereocenters. The third kappa shape index (κ3) is 3.54. The third-order valence-corrected chi connectivity index (χ3v) is 4.20. The maximum Gasteiger partial charge on any atom is 0.274 e. The van der Waals surface area contributed by atoms with Gasteiger partial charge in [-0.1, -0.05) is 18.2 Å². The molecule has 0 radical (unpaired) electrons. The van der Waals surface area contributed by atoms with E-state index in [-0.39, 0.29) is 11.5 Å². The molecule has 2 aromatic carbocycles. The Morgan fingerprint density at radius 3 is 2.32 bits per heavy atom. The fraction of sp³-hybridized carbons (Fsp3) is 0.158. The average Bonchev–Trinajstić information content (AvgIpc) is 2.96. The van der Waals surface area contributed by atoms with Crippen LogP contribution in [-0.2, 0) is 6.42 Å². The molecule has 6 heteroatoms. The lowest BCUT2D eigenvalue weighted by Crippen LogP contribution is -2.26. The van der Waals surface area contributed by atoms with E-state index in [9.17, 15) is 9.59 Å². The molecule has 0 unspecified atom stereocenters. The minimum atomic E-state index is -0.609. The van der Waals surface area contributed by atoms with Crippen molar-refractivity contribution in [1.82, 2.24) is 15.8 Å². The van der Waals surface area contributed by atoms with Crippen molar-refractivity contribution in [2.24, 2.45) is 0 Å². The normalized spacial score (nSPS) is 10.6. The molecule has 1 aromatic heterocycles. The zero-order valence-electron chi connectivity index (χ0n) is 13.8. The van der Waals surface area contributed by atoms with Crippen LogP contribution in [0.1, 0.15) is 32.0 Å². The second-order valence-corrected chi connectivity index (χ2v) is 5.80. The predicted molar refractivity (Wildman–Crippen MR) is 94.8 cm³/mol. The number of carbonyl (C=O) groups excluding carboxylic acids is 2. The average molecular weight is 337 g/mol. The van der Waals surface area contributed by atoms with Gasteiger partial charge >= 0.3 is 0 Å². The van der Waals surface area contributed by atoms with Gasteiger partial charge < -0.3 is 10.3 Å². The van der Waals surface area contributed by atoms with Crippen LogP contribution in [-0.4, -0.2) is 28.6 Å². The van der Waals surface area contributed by atoms with Crippen LogP contribution < -0.4 is 10.8 Å². The van der Waals surface area contributed by atoms with Gasteiger partial charge in [0.25, 0.3) is 11.8 Å². The summed E-state index contributed by atoms with van der Waals surface area (Å²) in [7, 11) is 0. The Bertz CT molecular complexity index is 913. The zero-order valence-corrected chi connectivity index (χ0v) is 13.8. The third-order valence-electron chi connectivity index (χ3n) is 4.20. The number of rotatable bonds is 5. The molecule has 0 saturated heterocycles. The lowest BCUT2D eigenvalue weighted by atomic mass is 10.1. The number of benzene rings is 2. The fourth-order valence-electron chi connectivity index (χ4n) is 2.90. The van der Waals surface area contributed by atoms with Gasteiger partial charge in [0.05, 0.1) is 0 Å². The summed E-state index contributed by atoms with van der Waals surface area (Å²) in [6.07, 6.45) is 0.729. The number of nitrogens with one attached hydrogen (secondary N) is 3. The molecule has 25 heavy (non-hydrogen) atoms. The van der Waals surface area contributed by atoms with Crippen LogP contribution in [0.2, 0.25) is 0 Å². The summed E-state index contributed by atoms with van der Waals surface area (Å²) in [6, 6.07) is 14.2. The van der Waals surface area contributed by atoms with Gasteiger partial charge in [-0.3, -0.25) is 14.8 Å². The van der Waals surface area contributed by atoms with Gasteiger partial charge in [-0.05, 0) is 49.2 Å². The van der Waals surface area contributed by atoms with Gasteiger partial charge in [0.1, 0.15) is 0 Å². The van der Waals surface area contributed by atoms with E-state index in [0.717, 1.165) is 17.6 Å². The van der Waals surface area contributed by atoms with E-state index < -0.39 is 5.91 Å². The van der Waals surface area contributed by atoms with Crippen LogP contribution in [0.5, 0.6) is 0 Å². The summed E-state index contributed by atoms with van der Waals surface area (Å²) < 4.78 is 0. The first kappa shape index (κ1) is 16.7. The molecule has 0 aliphatic carbocycles. The lowest BCUT2D eigenvalue weighted by molar-refractivity contribution is 0.0706. The first-order valence-corrected chi connectivity index (χ1v) is 7.99. The van der Waals surface area contributed by atoms with E-state index in [4.69, 9.17) is 5.21 Å². The topological polar surface area (TPSA) is 94.2 Å². The first-order chi connectivity index (χ1) is 12.1. The van der Waals surface area contributed by atoms with Crippen molar-refractivity contribution in [3.63, 3.8) is 0 Å². The van der Waals surface area contributed by atoms with E-state index in [1.165, 1.54) is 23.1 Å². The molecule has 0 fully saturated rings. The minimum absolute atomic E-state index is 0.201. The summed E-state index contributed by atoms with van der Waals surface area (Å²) in [5.74, 6) is -0.810. The second-order valence-electron chi connectivity index (χ2n) is 5.80. The Balaban J connectivity index is 1.62. The van der Waals surface area contributed by atoms with Crippen molar-refractivity contribution in [2.45, 2.75) is 13.3 Å². The van der Waals surface area contributed by atoms with Crippen LogP contribution in [0.25, 0.3) is 10.9 Å². The van der Waals surface area contributed by atoms with E-state index >= 15 is 0 Å². The number of aromatic amines is 1. The smallest absolute Gasteiger partial charge is 0.274 e. The Morgan fingerprint density at radius 1 is 1.00 bits per heavy atom. The highest BCUT2D eigenvalue weighted by Crippen LogP contribution is 2.21. The number of aryl methyl sites for hydroxylation is 1. The van der Waals surface area contributed by atoms with Crippen LogP contribution in [0.15, 0.2) is 48.5 Å². The van der Waals surface area contributed by atoms with Gasteiger partial charge in [0.2, 0.25) is 0 Å². The highest BCUT2D eigenvalue weighted by Gasteiger charge is 2.10. The van der Waals surface area contributed by atoms with Gasteiger partial charge in [-0.15, -0.1) is 0 Å². The largest absolute Gasteiger partial charge is 0.358 e. The Kier molecular flexibility index (Phi) is 4.81. The summed E-state index contributed by atoms with van der Waals surface area (Å²) in [5.41, 5.74) is 5.71. The Labute approximate surface area is 144 Å². The van der Waals surface area contributed by atoms with Gasteiger partial charge in [-0.25, -0.2) is 5.48 Å². The summed E-state index contributed by atoms with van der Waals surface area (Å²) in [4.78, 5) is 26.8. The number of amides is 2. The molecule has 0 aliphatic rings. The molecule has 1 heterocycles. The summed E-state index contributed by atoms with van der Waals surface area (Å²) in [6.45, 7) is 2.54. The van der Waals surface area contributed by atoms with Crippen molar-refractivity contribution in [3.05, 3.63) is 70.9 Å². The minimum Gasteiger partial charge on any atom is -0.358 e. The van der Waals surface area contributed by atoms with Gasteiger partial charge in [0.15, 0.2) is 0 Å². The van der Waals surface area contributed by atoms with Crippen molar-refractivity contribution in [3.8, 4) is 0 Å². The molecule has 3 aromatic rings. The van der Waals surface area contributed by atoms with Crippen LogP contribution >= 0.6 is 0 Å². The number of hydrogen-bond donors (Lipinski definition) is 4. The molecule has 0 saturated carbocycles. The van der Waals surface area contributed by atoms with E-state index in [1.54, 1.807) is 17.6 Å². The number of hydrogen-bond acceptors (Lipinski definition) is 3. The molecule has 2 amide bonds. The van der Waals surface area contributed by atoms with Crippen molar-refractivity contribution < 1.29 is 14.8 Å². The monoisotopic (exact) mass is 337 g/mol. The van der Waals surface area contributed by atoms with Crippen LogP contribution in [0, 0.1) is 6.92 Å². The van der Waals surface area contributed by atoms with E-state index in [2.05, 4.69) is 16.4 Å². The summed E-state index contributed by atoms with van der Waals surface area (Å²) >= 11 is 0. The highest BCUT2D eigenvalue weighted by atomic mass is 16.5. The molecule has 0 spiro atoms. The maximum absolute atomic E-state index is 12.2. The molecule has 6 nitrogen and oxygen atoms in total. The molecule has 3 rings (SSSR count). The number of aromatic nitrogens is 1. The van der Waals surface area contributed by atoms with E-state index in [0.29, 0.717) is 12.1 Å². The predicted octanol–water partition coefficient (Wildman–Crippen LogP) is 2.57. The standard InChI is InChI=1S/C19H19N3O3/c1-12-15(16-4-2-3-5-17(16)21-12)10-11-20-18(23)13-6-8-14(9-7-13)19(24)22-25/h2-9,21,25H,10-11H2,1H3,(H,20,23)(H,22,24). The SMILES string of the molecule is Cc1[nH]c2ccccc2c1CCNC(=O)c1ccc(C(=O)NO)cc1. The van der Waals surface area contributed by atoms with Crippen molar-refractivity contribution in [1.29, 1.82) is 0 Å². The number of carbonyl (C=O) groups is 2. The van der Waals surface area contributed by atoms with Crippen molar-refractivity contribution in [2.75, 3.05) is 6.54 Å². The number of para-hydroxylation sites is 1. The molecule has 0 bridgehead atoms. The zero-order chi connectivity index (χ0) is 17.8. The lowest BCUT2D eigenvalue weighted by Gasteiger charge is -2.06. The number of hydroxylamine groups is 1. The molecular weight excluding hydrogens is 318 g/mol. The van der Waals surface area contributed by atoms with Crippen LogP contribution in [0.3, 0.4) is 0 Å². The molecule has 128 valence electrons. The Morgan fingerprint density at radius 2 is 1.64 bits per heavy atom. The number of H-pyrrole nitrogens is 1. The maximum atomic E-state index is 12.2. The number of fused-ring (bicyclic) bond motifs is 1. The quantitative estimate of drug-likeness (QED) is 0.426.